The van der Waals surface area contributed by atoms with Crippen molar-refractivity contribution in [1.82, 2.24) is 10.3 Å². The third-order valence-electron chi connectivity index (χ3n) is 5.15. The molecule has 3 atom stereocenters. The Hall–Kier alpha value is -0.940. The van der Waals surface area contributed by atoms with Crippen LogP contribution in [0.1, 0.15) is 55.8 Å². The number of amides is 1. The highest BCUT2D eigenvalue weighted by Crippen LogP contribution is 2.42. The largest absolute Gasteiger partial charge is 0.347 e. The molecule has 2 aliphatic carbocycles. The number of nitrogens with zero attached hydrogens (tertiary/aromatic N) is 1. The first-order chi connectivity index (χ1) is 10.0. The van der Waals surface area contributed by atoms with Crippen LogP contribution in [0.25, 0.3) is 0 Å². The highest BCUT2D eigenvalue weighted by atomic mass is 32.1. The molecule has 3 rings (SSSR count). The number of carbonyl (C=O) groups is 1. The van der Waals surface area contributed by atoms with E-state index in [1.807, 2.05) is 19.2 Å². The van der Waals surface area contributed by atoms with E-state index in [1.54, 1.807) is 11.3 Å². The number of rotatable bonds is 3. The zero-order valence-corrected chi connectivity index (χ0v) is 13.7. The van der Waals surface area contributed by atoms with Crippen molar-refractivity contribution in [3.63, 3.8) is 0 Å². The van der Waals surface area contributed by atoms with Crippen molar-refractivity contribution in [3.05, 3.63) is 16.1 Å². The van der Waals surface area contributed by atoms with Gasteiger partial charge in [-0.15, -0.1) is 11.3 Å². The van der Waals surface area contributed by atoms with E-state index in [4.69, 9.17) is 5.73 Å². The first-order valence-electron chi connectivity index (χ1n) is 8.02. The summed E-state index contributed by atoms with van der Waals surface area (Å²) in [5.74, 6) is 1.43. The van der Waals surface area contributed by atoms with Gasteiger partial charge in [-0.05, 0) is 51.4 Å². The molecule has 21 heavy (non-hydrogen) atoms. The Kier molecular flexibility index (Phi) is 4.31. The van der Waals surface area contributed by atoms with Crippen LogP contribution >= 0.6 is 11.3 Å². The van der Waals surface area contributed by atoms with E-state index in [0.717, 1.165) is 23.5 Å². The second-order valence-corrected chi connectivity index (χ2v) is 7.64. The zero-order chi connectivity index (χ0) is 15.0. The van der Waals surface area contributed by atoms with Gasteiger partial charge in [0.2, 0.25) is 5.91 Å². The van der Waals surface area contributed by atoms with Gasteiger partial charge in [-0.25, -0.2) is 4.98 Å². The van der Waals surface area contributed by atoms with Crippen LogP contribution in [0.3, 0.4) is 0 Å². The number of hydrogen-bond acceptors (Lipinski definition) is 4. The van der Waals surface area contributed by atoms with Gasteiger partial charge in [-0.1, -0.05) is 6.42 Å². The summed E-state index contributed by atoms with van der Waals surface area (Å²) in [7, 11) is 0. The molecule has 3 N–H and O–H groups in total. The molecule has 1 aromatic heterocycles. The quantitative estimate of drug-likeness (QED) is 0.902. The van der Waals surface area contributed by atoms with E-state index >= 15 is 0 Å². The number of fused-ring (bicyclic) bond motifs is 2. The molecular formula is C16H25N3OS. The second-order valence-electron chi connectivity index (χ2n) is 6.75. The van der Waals surface area contributed by atoms with Gasteiger partial charge >= 0.3 is 0 Å². The molecule has 2 saturated carbocycles. The average molecular weight is 307 g/mol. The van der Waals surface area contributed by atoms with Crippen LogP contribution in [0.5, 0.6) is 0 Å². The molecule has 3 unspecified atom stereocenters. The fraction of sp³-hybridized carbons (Fsp3) is 0.750. The highest BCUT2D eigenvalue weighted by Gasteiger charge is 2.40. The minimum absolute atomic E-state index is 0.00615. The first-order valence-corrected chi connectivity index (χ1v) is 8.90. The van der Waals surface area contributed by atoms with E-state index in [1.165, 1.54) is 19.3 Å². The van der Waals surface area contributed by atoms with E-state index in [2.05, 4.69) is 10.3 Å². The number of aryl methyl sites for hydroxylation is 1. The maximum Gasteiger partial charge on any atom is 0.223 e. The Labute approximate surface area is 130 Å². The smallest absolute Gasteiger partial charge is 0.223 e. The van der Waals surface area contributed by atoms with Crippen molar-refractivity contribution in [2.24, 2.45) is 23.5 Å². The van der Waals surface area contributed by atoms with Crippen molar-refractivity contribution in [3.8, 4) is 0 Å². The van der Waals surface area contributed by atoms with Crippen molar-refractivity contribution >= 4 is 17.2 Å². The second kappa shape index (κ2) is 6.05. The predicted molar refractivity (Wildman–Crippen MR) is 84.9 cm³/mol. The SMILES string of the molecule is Cc1csc(C(C)NC(=O)C2CC3CCCC(C2)C3N)n1. The van der Waals surface area contributed by atoms with Gasteiger partial charge in [0.1, 0.15) is 5.01 Å². The summed E-state index contributed by atoms with van der Waals surface area (Å²) in [6.07, 6.45) is 5.61. The maximum atomic E-state index is 12.6. The van der Waals surface area contributed by atoms with Crippen LogP contribution in [-0.2, 0) is 4.79 Å². The van der Waals surface area contributed by atoms with Crippen LogP contribution in [0.4, 0.5) is 0 Å². The molecule has 2 aliphatic rings. The standard InChI is InChI=1S/C16H25N3OS/c1-9-8-21-16(18-9)10(2)19-15(20)13-6-11-4-3-5-12(7-13)14(11)17/h8,10-14H,3-7,17H2,1-2H3,(H,19,20). The zero-order valence-electron chi connectivity index (χ0n) is 12.8. The topological polar surface area (TPSA) is 68.0 Å². The van der Waals surface area contributed by atoms with Crippen molar-refractivity contribution in [2.45, 2.75) is 58.0 Å². The summed E-state index contributed by atoms with van der Waals surface area (Å²) in [5.41, 5.74) is 7.32. The Morgan fingerprint density at radius 3 is 2.67 bits per heavy atom. The molecule has 1 aromatic rings. The molecule has 0 saturated heterocycles. The average Bonchev–Trinajstić information content (AvgIpc) is 2.85. The lowest BCUT2D eigenvalue weighted by Gasteiger charge is -2.43. The molecule has 0 spiro atoms. The lowest BCUT2D eigenvalue weighted by atomic mass is 9.65. The van der Waals surface area contributed by atoms with Crippen LogP contribution in [0.2, 0.25) is 0 Å². The van der Waals surface area contributed by atoms with E-state index < -0.39 is 0 Å². The van der Waals surface area contributed by atoms with Crippen molar-refractivity contribution < 1.29 is 4.79 Å². The summed E-state index contributed by atoms with van der Waals surface area (Å²) in [6, 6.07) is 0.327. The fourth-order valence-electron chi connectivity index (χ4n) is 3.97. The first kappa shape index (κ1) is 15.0. The monoisotopic (exact) mass is 307 g/mol. The Balaban J connectivity index is 1.61. The molecule has 4 nitrogen and oxygen atoms in total. The summed E-state index contributed by atoms with van der Waals surface area (Å²) >= 11 is 1.62. The van der Waals surface area contributed by atoms with Gasteiger partial charge in [-0.3, -0.25) is 4.79 Å². The lowest BCUT2D eigenvalue weighted by Crippen LogP contribution is -2.49. The van der Waals surface area contributed by atoms with Crippen LogP contribution in [0, 0.1) is 24.7 Å². The molecule has 5 heteroatoms. The van der Waals surface area contributed by atoms with Gasteiger partial charge in [-0.2, -0.15) is 0 Å². The molecular weight excluding hydrogens is 282 g/mol. The molecule has 2 fully saturated rings. The van der Waals surface area contributed by atoms with Gasteiger partial charge in [0.25, 0.3) is 0 Å². The summed E-state index contributed by atoms with van der Waals surface area (Å²) in [6.45, 7) is 4.00. The molecule has 0 aliphatic heterocycles. The van der Waals surface area contributed by atoms with Crippen molar-refractivity contribution in [1.29, 1.82) is 0 Å². The number of thiazole rings is 1. The van der Waals surface area contributed by atoms with Gasteiger partial charge in [0.15, 0.2) is 0 Å². The van der Waals surface area contributed by atoms with Crippen molar-refractivity contribution in [2.75, 3.05) is 0 Å². The van der Waals surface area contributed by atoms with Crippen LogP contribution in [0.15, 0.2) is 5.38 Å². The Bertz CT molecular complexity index is 501. The van der Waals surface area contributed by atoms with Gasteiger partial charge in [0.05, 0.1) is 6.04 Å². The normalized spacial score (nSPS) is 33.5. The molecule has 0 radical (unpaired) electrons. The predicted octanol–water partition coefficient (Wildman–Crippen LogP) is 2.78. The number of nitrogens with two attached hydrogens (primary N) is 1. The van der Waals surface area contributed by atoms with E-state index in [0.29, 0.717) is 17.9 Å². The Morgan fingerprint density at radius 2 is 2.10 bits per heavy atom. The summed E-state index contributed by atoms with van der Waals surface area (Å²) in [4.78, 5) is 17.0. The minimum Gasteiger partial charge on any atom is -0.347 e. The number of aromatic nitrogens is 1. The fourth-order valence-corrected chi connectivity index (χ4v) is 4.77. The van der Waals surface area contributed by atoms with Crippen LogP contribution < -0.4 is 11.1 Å². The highest BCUT2D eigenvalue weighted by molar-refractivity contribution is 7.09. The number of nitrogens with one attached hydrogen (secondary N) is 1. The minimum atomic E-state index is 0.00615. The summed E-state index contributed by atoms with van der Waals surface area (Å²) < 4.78 is 0. The molecule has 1 amide bonds. The maximum absolute atomic E-state index is 12.6. The molecule has 0 aromatic carbocycles. The number of carbonyl (C=O) groups excluding carboxylic acids is 1. The van der Waals surface area contributed by atoms with Gasteiger partial charge in [0, 0.05) is 23.0 Å². The number of hydrogen-bond donors (Lipinski definition) is 2. The van der Waals surface area contributed by atoms with Gasteiger partial charge < -0.3 is 11.1 Å². The van der Waals surface area contributed by atoms with E-state index in [-0.39, 0.29) is 17.9 Å². The molecule has 2 bridgehead atoms. The molecule has 1 heterocycles. The molecule has 116 valence electrons. The summed E-state index contributed by atoms with van der Waals surface area (Å²) in [5, 5.41) is 6.18. The van der Waals surface area contributed by atoms with E-state index in [9.17, 15) is 4.79 Å². The third-order valence-corrected chi connectivity index (χ3v) is 6.30. The third kappa shape index (κ3) is 3.14. The Morgan fingerprint density at radius 1 is 1.43 bits per heavy atom. The van der Waals surface area contributed by atoms with Crippen LogP contribution in [-0.4, -0.2) is 16.9 Å². The lowest BCUT2D eigenvalue weighted by molar-refractivity contribution is -0.128.